The van der Waals surface area contributed by atoms with E-state index in [4.69, 9.17) is 4.74 Å². The fourth-order valence-electron chi connectivity index (χ4n) is 2.13. The van der Waals surface area contributed by atoms with Gasteiger partial charge in [0.25, 0.3) is 10.0 Å². The minimum absolute atomic E-state index is 0.171. The first-order valence-electron chi connectivity index (χ1n) is 7.19. The van der Waals surface area contributed by atoms with E-state index in [0.29, 0.717) is 0 Å². The first-order valence-corrected chi connectivity index (χ1v) is 8.63. The molecular formula is C17H19NO4S. The van der Waals surface area contributed by atoms with Gasteiger partial charge < -0.3 is 4.74 Å². The quantitative estimate of drug-likeness (QED) is 0.789. The highest BCUT2D eigenvalue weighted by atomic mass is 32.2. The van der Waals surface area contributed by atoms with Gasteiger partial charge in [-0.2, -0.15) is 0 Å². The zero-order valence-electron chi connectivity index (χ0n) is 13.3. The smallest absolute Gasteiger partial charge is 0.340 e. The second-order valence-corrected chi connectivity index (χ2v) is 6.99. The highest BCUT2D eigenvalue weighted by Gasteiger charge is 2.25. The number of hydrogen-bond donors (Lipinski definition) is 0. The van der Waals surface area contributed by atoms with Gasteiger partial charge in [-0.3, -0.25) is 4.31 Å². The van der Waals surface area contributed by atoms with Crippen molar-refractivity contribution < 1.29 is 17.9 Å². The summed E-state index contributed by atoms with van der Waals surface area (Å²) in [4.78, 5) is 12.2. The van der Waals surface area contributed by atoms with Crippen LogP contribution in [0, 0.1) is 6.92 Å². The van der Waals surface area contributed by atoms with Gasteiger partial charge in [0.15, 0.2) is 0 Å². The van der Waals surface area contributed by atoms with Crippen molar-refractivity contribution in [1.29, 1.82) is 0 Å². The average Bonchev–Trinajstić information content (AvgIpc) is 2.54. The molecule has 0 amide bonds. The van der Waals surface area contributed by atoms with Crippen molar-refractivity contribution in [2.24, 2.45) is 0 Å². The highest BCUT2D eigenvalue weighted by Crippen LogP contribution is 2.26. The van der Waals surface area contributed by atoms with E-state index >= 15 is 0 Å². The Labute approximate surface area is 136 Å². The molecular weight excluding hydrogens is 314 g/mol. The lowest BCUT2D eigenvalue weighted by Crippen LogP contribution is -2.28. The van der Waals surface area contributed by atoms with E-state index in [9.17, 15) is 13.2 Å². The Hall–Kier alpha value is -2.34. The first-order chi connectivity index (χ1) is 10.9. The van der Waals surface area contributed by atoms with Crippen LogP contribution in [-0.4, -0.2) is 28.0 Å². The molecule has 6 heteroatoms. The molecule has 122 valence electrons. The van der Waals surface area contributed by atoms with E-state index in [-0.39, 0.29) is 22.8 Å². The third-order valence-electron chi connectivity index (χ3n) is 3.42. The zero-order valence-corrected chi connectivity index (χ0v) is 14.1. The molecule has 0 aromatic heterocycles. The average molecular weight is 333 g/mol. The van der Waals surface area contributed by atoms with Gasteiger partial charge in [-0.25, -0.2) is 13.2 Å². The minimum atomic E-state index is -3.75. The topological polar surface area (TPSA) is 63.7 Å². The van der Waals surface area contributed by atoms with Gasteiger partial charge in [-0.1, -0.05) is 29.8 Å². The van der Waals surface area contributed by atoms with Gasteiger partial charge in [0.1, 0.15) is 0 Å². The normalized spacial score (nSPS) is 11.1. The second-order valence-electron chi connectivity index (χ2n) is 5.02. The van der Waals surface area contributed by atoms with E-state index < -0.39 is 16.0 Å². The van der Waals surface area contributed by atoms with Gasteiger partial charge in [0.05, 0.1) is 22.8 Å². The molecule has 0 aliphatic rings. The zero-order chi connectivity index (χ0) is 17.0. The van der Waals surface area contributed by atoms with Crippen LogP contribution in [0.2, 0.25) is 0 Å². The molecule has 0 bridgehead atoms. The molecule has 0 heterocycles. The van der Waals surface area contributed by atoms with Crippen molar-refractivity contribution in [1.82, 2.24) is 0 Å². The number of aryl methyl sites for hydroxylation is 1. The predicted molar refractivity (Wildman–Crippen MR) is 89.2 cm³/mol. The number of anilines is 1. The van der Waals surface area contributed by atoms with Crippen LogP contribution in [0.15, 0.2) is 53.4 Å². The van der Waals surface area contributed by atoms with Crippen LogP contribution < -0.4 is 4.31 Å². The lowest BCUT2D eigenvalue weighted by Gasteiger charge is -2.21. The molecule has 0 atom stereocenters. The highest BCUT2D eigenvalue weighted by molar-refractivity contribution is 7.92. The summed E-state index contributed by atoms with van der Waals surface area (Å²) in [6.45, 7) is 3.81. The van der Waals surface area contributed by atoms with Crippen molar-refractivity contribution in [2.75, 3.05) is 18.0 Å². The van der Waals surface area contributed by atoms with Gasteiger partial charge in [0.2, 0.25) is 0 Å². The molecule has 0 radical (unpaired) electrons. The number of sulfonamides is 1. The van der Waals surface area contributed by atoms with Gasteiger partial charge >= 0.3 is 5.97 Å². The van der Waals surface area contributed by atoms with Crippen LogP contribution >= 0.6 is 0 Å². The Morgan fingerprint density at radius 1 is 1.09 bits per heavy atom. The molecule has 0 saturated carbocycles. The van der Waals surface area contributed by atoms with Crippen LogP contribution in [-0.2, 0) is 14.8 Å². The molecule has 0 saturated heterocycles. The SMILES string of the molecule is CCOC(=O)c1ccccc1N(C)S(=O)(=O)c1ccc(C)cc1. The molecule has 2 rings (SSSR count). The van der Waals surface area contributed by atoms with Crippen LogP contribution in [0.1, 0.15) is 22.8 Å². The lowest BCUT2D eigenvalue weighted by molar-refractivity contribution is 0.0527. The monoisotopic (exact) mass is 333 g/mol. The predicted octanol–water partition coefficient (Wildman–Crippen LogP) is 3.00. The number of nitrogens with zero attached hydrogens (tertiary/aromatic N) is 1. The largest absolute Gasteiger partial charge is 0.462 e. The summed E-state index contributed by atoms with van der Waals surface area (Å²) in [6.07, 6.45) is 0. The summed E-state index contributed by atoms with van der Waals surface area (Å²) in [7, 11) is -2.33. The molecule has 0 spiro atoms. The molecule has 0 aliphatic carbocycles. The Morgan fingerprint density at radius 2 is 1.70 bits per heavy atom. The number of esters is 1. The summed E-state index contributed by atoms with van der Waals surface area (Å²) >= 11 is 0. The molecule has 5 nitrogen and oxygen atoms in total. The number of carbonyl (C=O) groups excluding carboxylic acids is 1. The standard InChI is InChI=1S/C17H19NO4S/c1-4-22-17(19)15-7-5-6-8-16(15)18(3)23(20,21)14-11-9-13(2)10-12-14/h5-12H,4H2,1-3H3. The Balaban J connectivity index is 2.46. The van der Waals surface area contributed by atoms with E-state index in [1.165, 1.54) is 7.05 Å². The number of hydrogen-bond acceptors (Lipinski definition) is 4. The molecule has 2 aromatic rings. The van der Waals surface area contributed by atoms with Gasteiger partial charge in [-0.05, 0) is 38.1 Å². The van der Waals surface area contributed by atoms with Crippen molar-refractivity contribution >= 4 is 21.7 Å². The van der Waals surface area contributed by atoms with Crippen LogP contribution in [0.4, 0.5) is 5.69 Å². The minimum Gasteiger partial charge on any atom is -0.462 e. The number of benzene rings is 2. The van der Waals surface area contributed by atoms with Crippen molar-refractivity contribution in [3.63, 3.8) is 0 Å². The maximum atomic E-state index is 12.8. The van der Waals surface area contributed by atoms with E-state index in [2.05, 4.69) is 0 Å². The third kappa shape index (κ3) is 3.53. The van der Waals surface area contributed by atoms with Crippen molar-refractivity contribution in [3.8, 4) is 0 Å². The van der Waals surface area contributed by atoms with Crippen LogP contribution in [0.5, 0.6) is 0 Å². The summed E-state index contributed by atoms with van der Waals surface area (Å²) in [5.74, 6) is -0.547. The first kappa shape index (κ1) is 17.0. The summed E-state index contributed by atoms with van der Waals surface area (Å²) in [5, 5.41) is 0. The third-order valence-corrected chi connectivity index (χ3v) is 5.20. The van der Waals surface area contributed by atoms with Crippen LogP contribution in [0.25, 0.3) is 0 Å². The fourth-order valence-corrected chi connectivity index (χ4v) is 3.34. The Kier molecular flexibility index (Phi) is 5.05. The van der Waals surface area contributed by atoms with Crippen LogP contribution in [0.3, 0.4) is 0 Å². The van der Waals surface area contributed by atoms with Gasteiger partial charge in [-0.15, -0.1) is 0 Å². The number of para-hydroxylation sites is 1. The molecule has 23 heavy (non-hydrogen) atoms. The van der Waals surface area contributed by atoms with E-state index in [0.717, 1.165) is 9.87 Å². The molecule has 0 unspecified atom stereocenters. The lowest BCUT2D eigenvalue weighted by atomic mass is 10.2. The Morgan fingerprint density at radius 3 is 2.30 bits per heavy atom. The number of carbonyl (C=O) groups is 1. The van der Waals surface area contributed by atoms with Crippen molar-refractivity contribution in [3.05, 3.63) is 59.7 Å². The van der Waals surface area contributed by atoms with Gasteiger partial charge in [0, 0.05) is 7.05 Å². The maximum Gasteiger partial charge on any atom is 0.340 e. The molecule has 0 fully saturated rings. The molecule has 0 N–H and O–H groups in total. The Bertz CT molecular complexity index is 798. The van der Waals surface area contributed by atoms with E-state index in [1.54, 1.807) is 55.5 Å². The second kappa shape index (κ2) is 6.83. The molecule has 0 aliphatic heterocycles. The fraction of sp³-hybridized carbons (Fsp3) is 0.235. The summed E-state index contributed by atoms with van der Waals surface area (Å²) < 4.78 is 31.6. The number of ether oxygens (including phenoxy) is 1. The summed E-state index contributed by atoms with van der Waals surface area (Å²) in [5.41, 5.74) is 1.47. The summed E-state index contributed by atoms with van der Waals surface area (Å²) in [6, 6.07) is 13.0. The number of rotatable bonds is 5. The van der Waals surface area contributed by atoms with Crippen molar-refractivity contribution in [2.45, 2.75) is 18.7 Å². The van der Waals surface area contributed by atoms with E-state index in [1.807, 2.05) is 6.92 Å². The maximum absolute atomic E-state index is 12.8. The molecule has 2 aromatic carbocycles.